The molecule has 4 saturated heterocycles. The molecule has 4 atom stereocenters. The number of hydrogen-bond acceptors (Lipinski definition) is 20. The number of hydrogen-bond donors (Lipinski definition) is 8. The summed E-state index contributed by atoms with van der Waals surface area (Å²) in [5.74, 6) is 0. The van der Waals surface area contributed by atoms with Crippen molar-refractivity contribution in [2.75, 3.05) is 0 Å². The molecule has 164 valence electrons. The molecule has 0 spiro atoms. The minimum absolute atomic E-state index is 1.41. The third-order valence-electron chi connectivity index (χ3n) is 2.84. The Morgan fingerprint density at radius 2 is 0.828 bits per heavy atom. The van der Waals surface area contributed by atoms with Crippen LogP contribution in [0.5, 0.6) is 0 Å². The van der Waals surface area contributed by atoms with Gasteiger partial charge in [0.2, 0.25) is 0 Å². The van der Waals surface area contributed by atoms with Crippen molar-refractivity contribution in [1.29, 1.82) is 0 Å². The molecular formula is H8O20Si9. The van der Waals surface area contributed by atoms with Gasteiger partial charge in [0.25, 0.3) is 0 Å². The van der Waals surface area contributed by atoms with Crippen LogP contribution in [0.25, 0.3) is 0 Å². The Labute approximate surface area is 171 Å². The van der Waals surface area contributed by atoms with Crippen molar-refractivity contribution in [3.8, 4) is 0 Å². The number of fused-ring (bicyclic) bond motifs is 4. The SMILES string of the molecule is O[Si]O[Si]1(O)O[Si]2(O)O[Si]3(O)O[Si]O[Si]4(O)O[Si](O)(O1)O[Si](O)(O2)O[Si](O)(O3)O4. The first kappa shape index (κ1) is 23.3. The summed E-state index contributed by atoms with van der Waals surface area (Å²) < 4.78 is 56.7. The molecule has 4 unspecified atom stereocenters. The summed E-state index contributed by atoms with van der Waals surface area (Å²) in [5, 5.41) is 0. The van der Waals surface area contributed by atoms with Crippen LogP contribution in [0.3, 0.4) is 0 Å². The van der Waals surface area contributed by atoms with Gasteiger partial charge < -0.3 is 87.7 Å². The van der Waals surface area contributed by atoms with Gasteiger partial charge in [0.1, 0.15) is 0 Å². The quantitative estimate of drug-likeness (QED) is 0.141. The van der Waals surface area contributed by atoms with E-state index in [4.69, 9.17) is 50.1 Å². The molecule has 6 bridgehead atoms. The van der Waals surface area contributed by atoms with Crippen LogP contribution in [0.4, 0.5) is 0 Å². The molecule has 29 heavy (non-hydrogen) atoms. The molecule has 0 amide bonds. The standard InChI is InChI=1S/H8O20Si9/c1-21-9-23(2)12-26(5)14-24(3)10-22-11-25(4)15-27(6,13-23)19-29(8,18-26)20-28(7,16-24)17-25/h1-8H. The Hall–Kier alpha value is 1.15. The Balaban J connectivity index is 1.90. The molecule has 4 rings (SSSR count). The Bertz CT molecular complexity index is 622. The Kier molecular flexibility index (Phi) is 5.69. The van der Waals surface area contributed by atoms with E-state index in [1.807, 2.05) is 0 Å². The van der Waals surface area contributed by atoms with Crippen LogP contribution in [-0.2, 0) is 49.4 Å². The largest absolute Gasteiger partial charge is 0.659 e. The first-order valence-corrected chi connectivity index (χ1v) is 20.1. The van der Waals surface area contributed by atoms with Crippen LogP contribution >= 0.6 is 0 Å². The van der Waals surface area contributed by atoms with Gasteiger partial charge in [-0.25, -0.2) is 0 Å². The first-order chi connectivity index (χ1) is 13.1. The monoisotopic (exact) mass is 580 g/mol. The van der Waals surface area contributed by atoms with E-state index < -0.39 is 83.3 Å². The maximum atomic E-state index is 10.5. The maximum absolute atomic E-state index is 10.5. The van der Waals surface area contributed by atoms with E-state index in [0.29, 0.717) is 0 Å². The van der Waals surface area contributed by atoms with Gasteiger partial charge >= 0.3 is 83.3 Å². The molecule has 4 radical (unpaired) electrons. The van der Waals surface area contributed by atoms with Crippen LogP contribution in [0, 0.1) is 0 Å². The molecule has 0 aromatic rings. The van der Waals surface area contributed by atoms with Crippen LogP contribution in [0.1, 0.15) is 0 Å². The van der Waals surface area contributed by atoms with Gasteiger partial charge in [-0.05, 0) is 0 Å². The normalized spacial score (nSPS) is 57.9. The van der Waals surface area contributed by atoms with Crippen molar-refractivity contribution < 1.29 is 87.7 Å². The summed E-state index contributed by atoms with van der Waals surface area (Å²) in [6.07, 6.45) is 0. The second kappa shape index (κ2) is 7.07. The highest BCUT2D eigenvalue weighted by Crippen LogP contribution is 2.38. The molecule has 0 aliphatic carbocycles. The Morgan fingerprint density at radius 1 is 0.517 bits per heavy atom. The van der Waals surface area contributed by atoms with E-state index in [2.05, 4.69) is 4.12 Å². The van der Waals surface area contributed by atoms with Crippen molar-refractivity contribution in [1.82, 2.24) is 0 Å². The van der Waals surface area contributed by atoms with E-state index in [-0.39, 0.29) is 0 Å². The molecular weight excluding hydrogens is 573 g/mol. The average molecular weight is 581 g/mol. The van der Waals surface area contributed by atoms with Gasteiger partial charge in [0, 0.05) is 0 Å². The molecule has 0 aromatic carbocycles. The molecule has 29 heteroatoms. The number of rotatable bonds is 2. The average Bonchev–Trinajstić information content (AvgIpc) is 2.37. The topological polar surface area (TPSA) is 273 Å². The van der Waals surface area contributed by atoms with Gasteiger partial charge in [-0.2, -0.15) is 0 Å². The molecule has 20 nitrogen and oxygen atoms in total. The third-order valence-corrected chi connectivity index (χ3v) is 25.5. The van der Waals surface area contributed by atoms with Gasteiger partial charge in [-0.15, -0.1) is 0 Å². The van der Waals surface area contributed by atoms with Crippen molar-refractivity contribution in [2.24, 2.45) is 0 Å². The molecule has 0 saturated carbocycles. The molecule has 8 N–H and O–H groups in total. The fraction of sp³-hybridized carbons (Fsp3) is 0. The summed E-state index contributed by atoms with van der Waals surface area (Å²) in [6.45, 7) is 0. The van der Waals surface area contributed by atoms with Crippen molar-refractivity contribution >= 4 is 83.3 Å². The van der Waals surface area contributed by atoms with Crippen LogP contribution in [-0.4, -0.2) is 122 Å². The second-order valence-electron chi connectivity index (χ2n) is 5.07. The van der Waals surface area contributed by atoms with Crippen molar-refractivity contribution in [3.05, 3.63) is 0 Å². The van der Waals surface area contributed by atoms with E-state index in [1.54, 1.807) is 0 Å². The van der Waals surface area contributed by atoms with E-state index in [9.17, 15) is 33.6 Å². The highest BCUT2D eigenvalue weighted by molar-refractivity contribution is 6.92. The lowest BCUT2D eigenvalue weighted by Crippen LogP contribution is -2.84. The Morgan fingerprint density at radius 3 is 1.17 bits per heavy atom. The fourth-order valence-corrected chi connectivity index (χ4v) is 27.0. The van der Waals surface area contributed by atoms with Gasteiger partial charge in [-0.3, -0.25) is 0 Å². The van der Waals surface area contributed by atoms with Gasteiger partial charge in [-0.1, -0.05) is 0 Å². The van der Waals surface area contributed by atoms with Crippen LogP contribution < -0.4 is 0 Å². The minimum atomic E-state index is -5.60. The summed E-state index contributed by atoms with van der Waals surface area (Å²) in [4.78, 5) is 82.2. The molecule has 4 heterocycles. The molecule has 4 fully saturated rings. The molecule has 0 aromatic heterocycles. The highest BCUT2D eigenvalue weighted by Gasteiger charge is 2.82. The zero-order chi connectivity index (χ0) is 21.4. The summed E-state index contributed by atoms with van der Waals surface area (Å²) >= 11 is 0. The van der Waals surface area contributed by atoms with Crippen LogP contribution in [0.15, 0.2) is 0 Å². The summed E-state index contributed by atoms with van der Waals surface area (Å²) in [7, 11) is -41.2. The zero-order valence-electron chi connectivity index (χ0n) is 13.0. The van der Waals surface area contributed by atoms with Crippen molar-refractivity contribution in [2.45, 2.75) is 0 Å². The summed E-state index contributed by atoms with van der Waals surface area (Å²) in [6, 6.07) is 0. The summed E-state index contributed by atoms with van der Waals surface area (Å²) in [5.41, 5.74) is 0. The van der Waals surface area contributed by atoms with Crippen LogP contribution in [0.2, 0.25) is 0 Å². The van der Waals surface area contributed by atoms with E-state index in [1.165, 1.54) is 0 Å². The lowest BCUT2D eigenvalue weighted by atomic mass is 15.5. The van der Waals surface area contributed by atoms with E-state index in [0.717, 1.165) is 0 Å². The van der Waals surface area contributed by atoms with Crippen molar-refractivity contribution in [3.63, 3.8) is 0 Å². The van der Waals surface area contributed by atoms with Gasteiger partial charge in [0.15, 0.2) is 0 Å². The first-order valence-electron chi connectivity index (χ1n) is 6.69. The molecule has 4 aliphatic heterocycles. The second-order valence-corrected chi connectivity index (χ2v) is 22.5. The lowest BCUT2D eigenvalue weighted by Gasteiger charge is -2.49. The van der Waals surface area contributed by atoms with Gasteiger partial charge in [0.05, 0.1) is 0 Å². The molecule has 4 aliphatic rings. The smallest absolute Gasteiger partial charge is 0.409 e. The lowest BCUT2D eigenvalue weighted by molar-refractivity contribution is -0.105. The van der Waals surface area contributed by atoms with E-state index >= 15 is 0 Å². The predicted molar refractivity (Wildman–Crippen MR) is 82.6 cm³/mol. The predicted octanol–water partition coefficient (Wildman–Crippen LogP) is -8.70. The minimum Gasteiger partial charge on any atom is -0.409 e. The zero-order valence-corrected chi connectivity index (χ0v) is 22.0. The highest BCUT2D eigenvalue weighted by atomic mass is 28.6. The fourth-order valence-electron chi connectivity index (χ4n) is 2.09. The third kappa shape index (κ3) is 4.77. The maximum Gasteiger partial charge on any atom is 0.659 e.